The van der Waals surface area contributed by atoms with Gasteiger partial charge in [-0.2, -0.15) is 0 Å². The van der Waals surface area contributed by atoms with E-state index in [0.29, 0.717) is 18.7 Å². The van der Waals surface area contributed by atoms with Crippen LogP contribution < -0.4 is 10.1 Å². The van der Waals surface area contributed by atoms with Crippen LogP contribution in [-0.2, 0) is 0 Å². The number of anilines is 1. The van der Waals surface area contributed by atoms with Crippen molar-refractivity contribution >= 4 is 5.82 Å². The first-order valence-electron chi connectivity index (χ1n) is 7.13. The number of hydrogen-bond acceptors (Lipinski definition) is 4. The second kappa shape index (κ2) is 8.00. The van der Waals surface area contributed by atoms with Crippen LogP contribution in [0.15, 0.2) is 18.3 Å². The number of rotatable bonds is 8. The van der Waals surface area contributed by atoms with E-state index < -0.39 is 0 Å². The second-order valence-electron chi connectivity index (χ2n) is 5.18. The van der Waals surface area contributed by atoms with Gasteiger partial charge in [0, 0.05) is 37.4 Å². The Morgan fingerprint density at radius 2 is 1.95 bits per heavy atom. The van der Waals surface area contributed by atoms with Crippen LogP contribution in [0.3, 0.4) is 0 Å². The molecule has 1 aromatic heterocycles. The summed E-state index contributed by atoms with van der Waals surface area (Å²) in [6, 6.07) is 4.92. The van der Waals surface area contributed by atoms with Crippen molar-refractivity contribution in [2.75, 3.05) is 25.0 Å². The monoisotopic (exact) mass is 265 g/mol. The summed E-state index contributed by atoms with van der Waals surface area (Å²) in [6.07, 6.45) is 1.77. The molecule has 0 fully saturated rings. The van der Waals surface area contributed by atoms with Crippen molar-refractivity contribution in [1.82, 2.24) is 9.88 Å². The van der Waals surface area contributed by atoms with Crippen LogP contribution >= 0.6 is 0 Å². The van der Waals surface area contributed by atoms with Crippen LogP contribution in [0.2, 0.25) is 0 Å². The number of hydrogen-bond donors (Lipinski definition) is 1. The molecule has 0 saturated carbocycles. The van der Waals surface area contributed by atoms with Crippen molar-refractivity contribution in [3.8, 4) is 5.75 Å². The Morgan fingerprint density at radius 3 is 2.53 bits per heavy atom. The number of aromatic nitrogens is 1. The molecular weight excluding hydrogens is 238 g/mol. The van der Waals surface area contributed by atoms with E-state index in [4.69, 9.17) is 4.74 Å². The Balaban J connectivity index is 2.45. The van der Waals surface area contributed by atoms with Gasteiger partial charge >= 0.3 is 0 Å². The highest BCUT2D eigenvalue weighted by molar-refractivity contribution is 5.40. The van der Waals surface area contributed by atoms with E-state index in [2.05, 4.69) is 49.8 Å². The molecular formula is C15H27N3O. The molecule has 0 aliphatic carbocycles. The first kappa shape index (κ1) is 15.8. The van der Waals surface area contributed by atoms with Crippen LogP contribution in [0.25, 0.3) is 0 Å². The zero-order valence-corrected chi connectivity index (χ0v) is 12.8. The Labute approximate surface area is 117 Å². The van der Waals surface area contributed by atoms with Crippen LogP contribution in [-0.4, -0.2) is 41.7 Å². The topological polar surface area (TPSA) is 37.4 Å². The molecule has 4 heteroatoms. The Kier molecular flexibility index (Phi) is 6.64. The van der Waals surface area contributed by atoms with Gasteiger partial charge in [0.1, 0.15) is 18.2 Å². The van der Waals surface area contributed by atoms with Gasteiger partial charge in [-0.3, -0.25) is 4.90 Å². The van der Waals surface area contributed by atoms with Crippen LogP contribution in [0, 0.1) is 0 Å². The molecule has 108 valence electrons. The fourth-order valence-electron chi connectivity index (χ4n) is 2.16. The standard InChI is InChI=1S/C15H27N3O/c1-6-16-15-11-14(7-8-17-15)19-10-9-18(12(2)3)13(4)5/h7-8,11-13H,6,9-10H2,1-5H3,(H,16,17). The third-order valence-corrected chi connectivity index (χ3v) is 3.03. The lowest BCUT2D eigenvalue weighted by molar-refractivity contribution is 0.142. The second-order valence-corrected chi connectivity index (χ2v) is 5.18. The Bertz CT molecular complexity index is 358. The molecule has 0 saturated heterocycles. The first-order valence-corrected chi connectivity index (χ1v) is 7.13. The van der Waals surface area contributed by atoms with Crippen molar-refractivity contribution in [2.45, 2.75) is 46.7 Å². The maximum atomic E-state index is 5.80. The summed E-state index contributed by atoms with van der Waals surface area (Å²) < 4.78 is 5.80. The third-order valence-electron chi connectivity index (χ3n) is 3.03. The molecule has 0 spiro atoms. The summed E-state index contributed by atoms with van der Waals surface area (Å²) in [5, 5.41) is 3.18. The number of ether oxygens (including phenoxy) is 1. The molecule has 0 aliphatic heterocycles. The van der Waals surface area contributed by atoms with Crippen LogP contribution in [0.5, 0.6) is 5.75 Å². The van der Waals surface area contributed by atoms with E-state index in [1.807, 2.05) is 12.1 Å². The van der Waals surface area contributed by atoms with Gasteiger partial charge in [0.2, 0.25) is 0 Å². The Hall–Kier alpha value is -1.29. The first-order chi connectivity index (χ1) is 9.04. The summed E-state index contributed by atoms with van der Waals surface area (Å²) in [5.41, 5.74) is 0. The molecule has 1 rings (SSSR count). The molecule has 0 unspecified atom stereocenters. The predicted octanol–water partition coefficient (Wildman–Crippen LogP) is 3.01. The lowest BCUT2D eigenvalue weighted by atomic mass is 10.2. The lowest BCUT2D eigenvalue weighted by Gasteiger charge is -2.30. The molecule has 0 atom stereocenters. The van der Waals surface area contributed by atoms with E-state index in [0.717, 1.165) is 24.7 Å². The molecule has 1 heterocycles. The average Bonchev–Trinajstić information content (AvgIpc) is 2.34. The summed E-state index contributed by atoms with van der Waals surface area (Å²) in [7, 11) is 0. The van der Waals surface area contributed by atoms with Gasteiger partial charge in [0.05, 0.1) is 0 Å². The minimum atomic E-state index is 0.540. The highest BCUT2D eigenvalue weighted by atomic mass is 16.5. The third kappa shape index (κ3) is 5.47. The van der Waals surface area contributed by atoms with Gasteiger partial charge in [0.15, 0.2) is 0 Å². The van der Waals surface area contributed by atoms with Gasteiger partial charge < -0.3 is 10.1 Å². The van der Waals surface area contributed by atoms with E-state index in [1.165, 1.54) is 0 Å². The molecule has 4 nitrogen and oxygen atoms in total. The normalized spacial score (nSPS) is 11.4. The molecule has 1 N–H and O–H groups in total. The molecule has 0 amide bonds. The van der Waals surface area contributed by atoms with Crippen LogP contribution in [0.4, 0.5) is 5.82 Å². The SMILES string of the molecule is CCNc1cc(OCCN(C(C)C)C(C)C)ccn1. The molecule has 0 aromatic carbocycles. The van der Waals surface area contributed by atoms with Gasteiger partial charge in [-0.1, -0.05) is 0 Å². The fraction of sp³-hybridized carbons (Fsp3) is 0.667. The van der Waals surface area contributed by atoms with Gasteiger partial charge in [-0.15, -0.1) is 0 Å². The lowest BCUT2D eigenvalue weighted by Crippen LogP contribution is -2.39. The summed E-state index contributed by atoms with van der Waals surface area (Å²) in [4.78, 5) is 6.65. The molecule has 0 radical (unpaired) electrons. The van der Waals surface area contributed by atoms with E-state index in [-0.39, 0.29) is 0 Å². The predicted molar refractivity (Wildman–Crippen MR) is 80.9 cm³/mol. The minimum absolute atomic E-state index is 0.540. The smallest absolute Gasteiger partial charge is 0.129 e. The van der Waals surface area contributed by atoms with E-state index in [9.17, 15) is 0 Å². The fourth-order valence-corrected chi connectivity index (χ4v) is 2.16. The summed E-state index contributed by atoms with van der Waals surface area (Å²) >= 11 is 0. The van der Waals surface area contributed by atoms with Crippen molar-refractivity contribution in [2.24, 2.45) is 0 Å². The zero-order chi connectivity index (χ0) is 14.3. The highest BCUT2D eigenvalue weighted by Gasteiger charge is 2.12. The molecule has 1 aromatic rings. The summed E-state index contributed by atoms with van der Waals surface area (Å²) in [5.74, 6) is 1.74. The number of pyridine rings is 1. The maximum absolute atomic E-state index is 5.80. The average molecular weight is 265 g/mol. The maximum Gasteiger partial charge on any atom is 0.129 e. The zero-order valence-electron chi connectivity index (χ0n) is 12.8. The highest BCUT2D eigenvalue weighted by Crippen LogP contribution is 2.14. The van der Waals surface area contributed by atoms with Crippen molar-refractivity contribution in [3.05, 3.63) is 18.3 Å². The van der Waals surface area contributed by atoms with E-state index in [1.54, 1.807) is 6.20 Å². The Morgan fingerprint density at radius 1 is 1.26 bits per heavy atom. The molecule has 0 aliphatic rings. The van der Waals surface area contributed by atoms with E-state index >= 15 is 0 Å². The molecule has 19 heavy (non-hydrogen) atoms. The number of nitrogens with zero attached hydrogens (tertiary/aromatic N) is 2. The quantitative estimate of drug-likeness (QED) is 0.784. The van der Waals surface area contributed by atoms with Crippen molar-refractivity contribution < 1.29 is 4.74 Å². The van der Waals surface area contributed by atoms with Crippen molar-refractivity contribution in [1.29, 1.82) is 0 Å². The number of nitrogens with one attached hydrogen (secondary N) is 1. The minimum Gasteiger partial charge on any atom is -0.492 e. The van der Waals surface area contributed by atoms with Gasteiger partial charge in [-0.05, 0) is 40.7 Å². The molecule has 0 bridgehead atoms. The van der Waals surface area contributed by atoms with Crippen LogP contribution in [0.1, 0.15) is 34.6 Å². The summed E-state index contributed by atoms with van der Waals surface area (Å²) in [6.45, 7) is 13.4. The largest absolute Gasteiger partial charge is 0.492 e. The van der Waals surface area contributed by atoms with Crippen molar-refractivity contribution in [3.63, 3.8) is 0 Å². The van der Waals surface area contributed by atoms with Gasteiger partial charge in [-0.25, -0.2) is 4.98 Å². The van der Waals surface area contributed by atoms with Gasteiger partial charge in [0.25, 0.3) is 0 Å².